The van der Waals surface area contributed by atoms with Gasteiger partial charge in [-0.2, -0.15) is 0 Å². The Morgan fingerprint density at radius 2 is 2.00 bits per heavy atom. The zero-order valence-electron chi connectivity index (χ0n) is 17.3. The van der Waals surface area contributed by atoms with E-state index in [-0.39, 0.29) is 35.1 Å². The Hall–Kier alpha value is -2.95. The fraction of sp³-hybridized carbons (Fsp3) is 0.375. The van der Waals surface area contributed by atoms with Crippen LogP contribution in [0.4, 0.5) is 5.69 Å². The Kier molecular flexibility index (Phi) is 4.77. The SMILES string of the molecule is COc1cccc(C2Nc3ccc(C(=O)NC(C)(C)C)cc3C3C=CCC32)c1O. The number of aromatic hydroxyl groups is 1. The molecule has 1 heterocycles. The molecule has 5 nitrogen and oxygen atoms in total. The molecule has 1 aliphatic carbocycles. The van der Waals surface area contributed by atoms with E-state index >= 15 is 0 Å². The van der Waals surface area contributed by atoms with E-state index < -0.39 is 0 Å². The van der Waals surface area contributed by atoms with Gasteiger partial charge in [0, 0.05) is 28.3 Å². The lowest BCUT2D eigenvalue weighted by molar-refractivity contribution is 0.0919. The molecule has 0 bridgehead atoms. The first-order chi connectivity index (χ1) is 13.8. The third kappa shape index (κ3) is 3.57. The van der Waals surface area contributed by atoms with Gasteiger partial charge in [0.2, 0.25) is 0 Å². The fourth-order valence-corrected chi connectivity index (χ4v) is 4.41. The van der Waals surface area contributed by atoms with Crippen LogP contribution < -0.4 is 15.4 Å². The number of hydrogen-bond acceptors (Lipinski definition) is 4. The van der Waals surface area contributed by atoms with Gasteiger partial charge in [-0.3, -0.25) is 4.79 Å². The van der Waals surface area contributed by atoms with Crippen molar-refractivity contribution in [1.82, 2.24) is 5.32 Å². The summed E-state index contributed by atoms with van der Waals surface area (Å²) in [6.07, 6.45) is 5.33. The Bertz CT molecular complexity index is 975. The molecule has 1 aliphatic heterocycles. The number of ether oxygens (including phenoxy) is 1. The van der Waals surface area contributed by atoms with Crippen molar-refractivity contribution in [3.05, 3.63) is 65.2 Å². The van der Waals surface area contributed by atoms with Gasteiger partial charge in [-0.25, -0.2) is 0 Å². The number of carbonyl (C=O) groups is 1. The van der Waals surface area contributed by atoms with Gasteiger partial charge < -0.3 is 20.5 Å². The standard InChI is InChI=1S/C24H28N2O3/c1-24(2,3)26-23(28)14-11-12-19-18(13-14)15-7-5-8-16(15)21(25-19)17-9-6-10-20(29-4)22(17)27/h5-7,9-13,15-16,21,25,27H,8H2,1-4H3,(H,26,28). The summed E-state index contributed by atoms with van der Waals surface area (Å²) in [5, 5.41) is 17.3. The van der Waals surface area contributed by atoms with E-state index in [0.29, 0.717) is 11.3 Å². The van der Waals surface area contributed by atoms with Crippen LogP contribution in [0.5, 0.6) is 11.5 Å². The molecule has 29 heavy (non-hydrogen) atoms. The summed E-state index contributed by atoms with van der Waals surface area (Å²) in [5.41, 5.74) is 3.35. The zero-order chi connectivity index (χ0) is 20.8. The van der Waals surface area contributed by atoms with Crippen LogP contribution in [0.1, 0.15) is 60.6 Å². The van der Waals surface area contributed by atoms with Gasteiger partial charge in [0.05, 0.1) is 13.2 Å². The largest absolute Gasteiger partial charge is 0.504 e. The molecule has 2 aromatic rings. The molecule has 152 valence electrons. The summed E-state index contributed by atoms with van der Waals surface area (Å²) in [4.78, 5) is 12.6. The number of phenolic OH excluding ortho intramolecular Hbond substituents is 1. The van der Waals surface area contributed by atoms with E-state index in [0.717, 1.165) is 23.2 Å². The summed E-state index contributed by atoms with van der Waals surface area (Å²) < 4.78 is 5.30. The van der Waals surface area contributed by atoms with Crippen LogP contribution in [0.25, 0.3) is 0 Å². The normalized spacial score (nSPS) is 22.4. The van der Waals surface area contributed by atoms with Gasteiger partial charge in [0.15, 0.2) is 11.5 Å². The van der Waals surface area contributed by atoms with Gasteiger partial charge in [-0.15, -0.1) is 0 Å². The van der Waals surface area contributed by atoms with Gasteiger partial charge in [-0.1, -0.05) is 24.3 Å². The van der Waals surface area contributed by atoms with Crippen LogP contribution in [0.3, 0.4) is 0 Å². The van der Waals surface area contributed by atoms with E-state index in [4.69, 9.17) is 4.74 Å². The van der Waals surface area contributed by atoms with Crippen molar-refractivity contribution in [2.24, 2.45) is 5.92 Å². The van der Waals surface area contributed by atoms with Gasteiger partial charge in [-0.05, 0) is 62.9 Å². The second-order valence-electron chi connectivity index (χ2n) is 8.88. The van der Waals surface area contributed by atoms with E-state index in [9.17, 15) is 9.90 Å². The second kappa shape index (κ2) is 7.14. The van der Waals surface area contributed by atoms with E-state index in [2.05, 4.69) is 22.8 Å². The number of benzene rings is 2. The highest BCUT2D eigenvalue weighted by Gasteiger charge is 2.39. The van der Waals surface area contributed by atoms with Crippen LogP contribution in [0.2, 0.25) is 0 Å². The second-order valence-corrected chi connectivity index (χ2v) is 8.88. The molecule has 3 unspecified atom stereocenters. The molecule has 4 rings (SSSR count). The average Bonchev–Trinajstić information content (AvgIpc) is 3.16. The first-order valence-corrected chi connectivity index (χ1v) is 10.0. The number of anilines is 1. The number of amides is 1. The first-order valence-electron chi connectivity index (χ1n) is 10.0. The van der Waals surface area contributed by atoms with Crippen LogP contribution >= 0.6 is 0 Å². The Balaban J connectivity index is 1.71. The number of para-hydroxylation sites is 1. The molecule has 0 spiro atoms. The maximum Gasteiger partial charge on any atom is 0.251 e. The monoisotopic (exact) mass is 392 g/mol. The molecule has 5 heteroatoms. The lowest BCUT2D eigenvalue weighted by Gasteiger charge is -2.38. The van der Waals surface area contributed by atoms with Crippen molar-refractivity contribution in [2.45, 2.75) is 44.7 Å². The number of fused-ring (bicyclic) bond motifs is 3. The summed E-state index contributed by atoms with van der Waals surface area (Å²) in [5.74, 6) is 1.06. The molecule has 3 atom stereocenters. The molecule has 0 fully saturated rings. The van der Waals surface area contributed by atoms with Gasteiger partial charge in [0.25, 0.3) is 5.91 Å². The number of rotatable bonds is 3. The molecule has 2 aromatic carbocycles. The smallest absolute Gasteiger partial charge is 0.251 e. The van der Waals surface area contributed by atoms with E-state index in [1.165, 1.54) is 0 Å². The lowest BCUT2D eigenvalue weighted by atomic mass is 9.76. The van der Waals surface area contributed by atoms with Crippen LogP contribution in [-0.2, 0) is 0 Å². The number of allylic oxidation sites excluding steroid dienone is 2. The van der Waals surface area contributed by atoms with Crippen molar-refractivity contribution >= 4 is 11.6 Å². The number of phenols is 1. The summed E-state index contributed by atoms with van der Waals surface area (Å²) in [6.45, 7) is 5.93. The van der Waals surface area contributed by atoms with Crippen molar-refractivity contribution < 1.29 is 14.6 Å². The Morgan fingerprint density at radius 3 is 2.72 bits per heavy atom. The van der Waals surface area contributed by atoms with Gasteiger partial charge in [0.1, 0.15) is 0 Å². The number of hydrogen-bond donors (Lipinski definition) is 3. The predicted octanol–water partition coefficient (Wildman–Crippen LogP) is 4.76. The Morgan fingerprint density at radius 1 is 1.21 bits per heavy atom. The number of carbonyl (C=O) groups excluding carboxylic acids is 1. The molecule has 2 aliphatic rings. The summed E-state index contributed by atoms with van der Waals surface area (Å²) in [6, 6.07) is 11.4. The molecular formula is C24H28N2O3. The Labute approximate surface area is 171 Å². The maximum atomic E-state index is 12.6. The van der Waals surface area contributed by atoms with Crippen molar-refractivity contribution in [3.63, 3.8) is 0 Å². The minimum absolute atomic E-state index is 0.0353. The van der Waals surface area contributed by atoms with Crippen molar-refractivity contribution in [3.8, 4) is 11.5 Å². The number of methoxy groups -OCH3 is 1. The highest BCUT2D eigenvalue weighted by Crippen LogP contribution is 2.52. The number of nitrogens with one attached hydrogen (secondary N) is 2. The topological polar surface area (TPSA) is 70.6 Å². The molecule has 0 saturated heterocycles. The lowest BCUT2D eigenvalue weighted by Crippen LogP contribution is -2.40. The quantitative estimate of drug-likeness (QED) is 0.659. The van der Waals surface area contributed by atoms with Gasteiger partial charge >= 0.3 is 0 Å². The predicted molar refractivity (Wildman–Crippen MR) is 115 cm³/mol. The average molecular weight is 392 g/mol. The first kappa shape index (κ1) is 19.4. The molecule has 1 amide bonds. The third-order valence-electron chi connectivity index (χ3n) is 5.70. The minimum atomic E-state index is -0.282. The molecule has 3 N–H and O–H groups in total. The summed E-state index contributed by atoms with van der Waals surface area (Å²) in [7, 11) is 1.56. The van der Waals surface area contributed by atoms with Crippen LogP contribution in [-0.4, -0.2) is 23.7 Å². The molecular weight excluding hydrogens is 364 g/mol. The zero-order valence-corrected chi connectivity index (χ0v) is 17.3. The minimum Gasteiger partial charge on any atom is -0.504 e. The van der Waals surface area contributed by atoms with Crippen molar-refractivity contribution in [1.29, 1.82) is 0 Å². The van der Waals surface area contributed by atoms with Crippen LogP contribution in [0, 0.1) is 5.92 Å². The molecule has 0 saturated carbocycles. The van der Waals surface area contributed by atoms with Crippen LogP contribution in [0.15, 0.2) is 48.6 Å². The van der Waals surface area contributed by atoms with E-state index in [1.807, 2.05) is 51.1 Å². The third-order valence-corrected chi connectivity index (χ3v) is 5.70. The maximum absolute atomic E-state index is 12.6. The molecule has 0 radical (unpaired) electrons. The molecule has 0 aromatic heterocycles. The van der Waals surface area contributed by atoms with E-state index in [1.54, 1.807) is 13.2 Å². The van der Waals surface area contributed by atoms with Crippen molar-refractivity contribution in [2.75, 3.05) is 12.4 Å². The highest BCUT2D eigenvalue weighted by molar-refractivity contribution is 5.95. The highest BCUT2D eigenvalue weighted by atomic mass is 16.5. The fourth-order valence-electron chi connectivity index (χ4n) is 4.41. The summed E-state index contributed by atoms with van der Waals surface area (Å²) >= 11 is 0.